The second-order valence-corrected chi connectivity index (χ2v) is 6.98. The van der Waals surface area contributed by atoms with Crippen LogP contribution in [-0.2, 0) is 6.54 Å². The molecule has 0 saturated heterocycles. The van der Waals surface area contributed by atoms with E-state index in [2.05, 4.69) is 30.9 Å². The Hall–Kier alpha value is -1.07. The van der Waals surface area contributed by atoms with Gasteiger partial charge in [-0.25, -0.2) is 0 Å². The molecule has 1 aromatic heterocycles. The van der Waals surface area contributed by atoms with Gasteiger partial charge in [0.05, 0.1) is 24.5 Å². The number of likely N-dealkylation sites (N-methyl/N-ethyl adjacent to an activating group) is 1. The summed E-state index contributed by atoms with van der Waals surface area (Å²) in [6.07, 6.45) is 7.96. The summed E-state index contributed by atoms with van der Waals surface area (Å²) in [5, 5.41) is 14.3. The highest BCUT2D eigenvalue weighted by molar-refractivity contribution is 5.30. The molecule has 20 heavy (non-hydrogen) atoms. The number of aromatic nitrogens is 2. The van der Waals surface area contributed by atoms with Crippen molar-refractivity contribution in [2.75, 3.05) is 19.3 Å². The lowest BCUT2D eigenvalue weighted by molar-refractivity contribution is 0.0625. The Morgan fingerprint density at radius 2 is 2.15 bits per heavy atom. The molecule has 0 spiro atoms. The third kappa shape index (κ3) is 4.21. The van der Waals surface area contributed by atoms with Crippen LogP contribution < -0.4 is 5.73 Å². The molecule has 2 rings (SSSR count). The van der Waals surface area contributed by atoms with Gasteiger partial charge in [-0.05, 0) is 38.1 Å². The number of nitrogens with zero attached hydrogens (tertiary/aromatic N) is 3. The maximum Gasteiger partial charge on any atom is 0.0862 e. The molecule has 0 bridgehead atoms. The second kappa shape index (κ2) is 6.14. The van der Waals surface area contributed by atoms with Crippen LogP contribution in [0.25, 0.3) is 0 Å². The normalized spacial score (nSPS) is 21.2. The van der Waals surface area contributed by atoms with Crippen LogP contribution in [0.5, 0.6) is 0 Å². The van der Waals surface area contributed by atoms with E-state index < -0.39 is 6.10 Å². The van der Waals surface area contributed by atoms with Crippen LogP contribution in [0.3, 0.4) is 0 Å². The number of aliphatic hydroxyl groups excluding tert-OH is 1. The molecular weight excluding hydrogens is 252 g/mol. The van der Waals surface area contributed by atoms with E-state index in [0.29, 0.717) is 30.2 Å². The fraction of sp³-hybridized carbons (Fsp3) is 0.800. The third-order valence-corrected chi connectivity index (χ3v) is 4.48. The number of nitrogen functional groups attached to an aromatic ring is 1. The molecule has 1 fully saturated rings. The molecule has 1 saturated carbocycles. The smallest absolute Gasteiger partial charge is 0.0862 e. The molecule has 1 atom stereocenters. The summed E-state index contributed by atoms with van der Waals surface area (Å²) in [4.78, 5) is 2.30. The Bertz CT molecular complexity index is 419. The Labute approximate surface area is 121 Å². The minimum atomic E-state index is -0.408. The highest BCUT2D eigenvalue weighted by Gasteiger charge is 2.29. The van der Waals surface area contributed by atoms with Crippen molar-refractivity contribution in [2.45, 2.75) is 58.2 Å². The van der Waals surface area contributed by atoms with Crippen molar-refractivity contribution in [3.63, 3.8) is 0 Å². The first kappa shape index (κ1) is 15.3. The zero-order valence-corrected chi connectivity index (χ0v) is 12.9. The van der Waals surface area contributed by atoms with Crippen molar-refractivity contribution >= 4 is 5.69 Å². The van der Waals surface area contributed by atoms with E-state index in [4.69, 9.17) is 5.73 Å². The SMILES string of the molecule is CN(CC(O)Cn1cc(N)cn1)C1CCC(C)(C)CC1. The molecular formula is C15H28N4O. The molecule has 1 aliphatic rings. The number of nitrogens with two attached hydrogens (primary N) is 1. The highest BCUT2D eigenvalue weighted by Crippen LogP contribution is 2.36. The number of hydrogen-bond acceptors (Lipinski definition) is 4. The lowest BCUT2D eigenvalue weighted by Gasteiger charge is -2.39. The molecule has 1 aliphatic carbocycles. The quantitative estimate of drug-likeness (QED) is 0.862. The average molecular weight is 280 g/mol. The standard InChI is InChI=1S/C15H28N4O/c1-15(2)6-4-13(5-7-15)18(3)10-14(20)11-19-9-12(16)8-17-19/h8-9,13-14,20H,4-7,10-11,16H2,1-3H3. The van der Waals surface area contributed by atoms with Crippen LogP contribution in [0, 0.1) is 5.41 Å². The van der Waals surface area contributed by atoms with Crippen LogP contribution in [0.1, 0.15) is 39.5 Å². The first-order chi connectivity index (χ1) is 9.35. The monoisotopic (exact) mass is 280 g/mol. The summed E-state index contributed by atoms with van der Waals surface area (Å²) < 4.78 is 1.71. The molecule has 5 nitrogen and oxygen atoms in total. The zero-order chi connectivity index (χ0) is 14.8. The Balaban J connectivity index is 1.77. The van der Waals surface area contributed by atoms with Gasteiger partial charge >= 0.3 is 0 Å². The van der Waals surface area contributed by atoms with Crippen molar-refractivity contribution < 1.29 is 5.11 Å². The van der Waals surface area contributed by atoms with Gasteiger partial charge in [-0.1, -0.05) is 13.8 Å². The van der Waals surface area contributed by atoms with Gasteiger partial charge in [0.15, 0.2) is 0 Å². The van der Waals surface area contributed by atoms with Crippen LogP contribution in [0.4, 0.5) is 5.69 Å². The van der Waals surface area contributed by atoms with Gasteiger partial charge in [-0.3, -0.25) is 4.68 Å². The highest BCUT2D eigenvalue weighted by atomic mass is 16.3. The van der Waals surface area contributed by atoms with E-state index in [1.807, 2.05) is 0 Å². The maximum atomic E-state index is 10.2. The van der Waals surface area contributed by atoms with Crippen molar-refractivity contribution in [3.8, 4) is 0 Å². The molecule has 1 aromatic rings. The summed E-state index contributed by atoms with van der Waals surface area (Å²) in [5.41, 5.74) is 6.75. The number of rotatable bonds is 5. The Kier molecular flexibility index (Phi) is 4.70. The summed E-state index contributed by atoms with van der Waals surface area (Å²) in [7, 11) is 2.11. The topological polar surface area (TPSA) is 67.3 Å². The maximum absolute atomic E-state index is 10.2. The molecule has 0 aromatic carbocycles. The van der Waals surface area contributed by atoms with Gasteiger partial charge in [0.1, 0.15) is 0 Å². The van der Waals surface area contributed by atoms with Crippen LogP contribution in [0.15, 0.2) is 12.4 Å². The molecule has 0 aliphatic heterocycles. The van der Waals surface area contributed by atoms with E-state index in [9.17, 15) is 5.11 Å². The van der Waals surface area contributed by atoms with Gasteiger partial charge in [0.25, 0.3) is 0 Å². The first-order valence-electron chi connectivity index (χ1n) is 7.52. The van der Waals surface area contributed by atoms with E-state index >= 15 is 0 Å². The predicted molar refractivity (Wildman–Crippen MR) is 81.3 cm³/mol. The fourth-order valence-corrected chi connectivity index (χ4v) is 3.06. The third-order valence-electron chi connectivity index (χ3n) is 4.48. The van der Waals surface area contributed by atoms with E-state index in [1.54, 1.807) is 17.1 Å². The Morgan fingerprint density at radius 1 is 1.50 bits per heavy atom. The van der Waals surface area contributed by atoms with Gasteiger partial charge in [0.2, 0.25) is 0 Å². The van der Waals surface area contributed by atoms with Gasteiger partial charge in [-0.2, -0.15) is 5.10 Å². The lowest BCUT2D eigenvalue weighted by atomic mass is 9.75. The summed E-state index contributed by atoms with van der Waals surface area (Å²) in [6.45, 7) is 5.88. The molecule has 1 unspecified atom stereocenters. The van der Waals surface area contributed by atoms with Crippen LogP contribution in [0.2, 0.25) is 0 Å². The molecule has 3 N–H and O–H groups in total. The van der Waals surface area contributed by atoms with Crippen LogP contribution >= 0.6 is 0 Å². The number of aliphatic hydroxyl groups is 1. The zero-order valence-electron chi connectivity index (χ0n) is 12.9. The molecule has 0 radical (unpaired) electrons. The average Bonchev–Trinajstić information content (AvgIpc) is 2.74. The first-order valence-corrected chi connectivity index (χ1v) is 7.52. The largest absolute Gasteiger partial charge is 0.396 e. The summed E-state index contributed by atoms with van der Waals surface area (Å²) in [5.74, 6) is 0. The minimum Gasteiger partial charge on any atom is -0.396 e. The van der Waals surface area contributed by atoms with Gasteiger partial charge in [0, 0.05) is 18.8 Å². The lowest BCUT2D eigenvalue weighted by Crippen LogP contribution is -2.42. The second-order valence-electron chi connectivity index (χ2n) is 6.98. The summed E-state index contributed by atoms with van der Waals surface area (Å²) >= 11 is 0. The summed E-state index contributed by atoms with van der Waals surface area (Å²) in [6, 6.07) is 0.598. The van der Waals surface area contributed by atoms with E-state index in [-0.39, 0.29) is 0 Å². The van der Waals surface area contributed by atoms with Crippen molar-refractivity contribution in [1.29, 1.82) is 0 Å². The van der Waals surface area contributed by atoms with E-state index in [0.717, 1.165) is 0 Å². The number of anilines is 1. The number of hydrogen-bond donors (Lipinski definition) is 2. The Morgan fingerprint density at radius 3 is 2.70 bits per heavy atom. The molecule has 0 amide bonds. The molecule has 1 heterocycles. The van der Waals surface area contributed by atoms with Crippen molar-refractivity contribution in [2.24, 2.45) is 5.41 Å². The van der Waals surface area contributed by atoms with E-state index in [1.165, 1.54) is 25.7 Å². The van der Waals surface area contributed by atoms with Crippen LogP contribution in [-0.4, -0.2) is 45.5 Å². The fourth-order valence-electron chi connectivity index (χ4n) is 3.06. The van der Waals surface area contributed by atoms with Gasteiger partial charge < -0.3 is 15.7 Å². The minimum absolute atomic E-state index is 0.408. The van der Waals surface area contributed by atoms with Gasteiger partial charge in [-0.15, -0.1) is 0 Å². The van der Waals surface area contributed by atoms with Crippen molar-refractivity contribution in [1.82, 2.24) is 14.7 Å². The predicted octanol–water partition coefficient (Wildman–Crippen LogP) is 1.73. The molecule has 5 heteroatoms. The van der Waals surface area contributed by atoms with Crippen molar-refractivity contribution in [3.05, 3.63) is 12.4 Å². The molecule has 114 valence electrons.